The van der Waals surface area contributed by atoms with Crippen LogP contribution in [0.5, 0.6) is 0 Å². The van der Waals surface area contributed by atoms with Gasteiger partial charge in [0.25, 0.3) is 0 Å². The van der Waals surface area contributed by atoms with Gasteiger partial charge in [0.15, 0.2) is 0 Å². The van der Waals surface area contributed by atoms with Crippen LogP contribution in [0.25, 0.3) is 10.7 Å². The third kappa shape index (κ3) is 5.55. The molecule has 3 heterocycles. The second-order valence-electron chi connectivity index (χ2n) is 7.94. The van der Waals surface area contributed by atoms with E-state index in [0.717, 1.165) is 50.2 Å². The van der Waals surface area contributed by atoms with Gasteiger partial charge in [0, 0.05) is 13.1 Å². The maximum atomic E-state index is 12.6. The van der Waals surface area contributed by atoms with Gasteiger partial charge >= 0.3 is 0 Å². The molecular formula is C23H28N4O2S. The highest BCUT2D eigenvalue weighted by Crippen LogP contribution is 2.23. The smallest absolute Gasteiger partial charge is 0.241 e. The van der Waals surface area contributed by atoms with Gasteiger partial charge in [0.2, 0.25) is 17.6 Å². The highest BCUT2D eigenvalue weighted by atomic mass is 32.1. The number of hydrogen-bond acceptors (Lipinski definition) is 6. The summed E-state index contributed by atoms with van der Waals surface area (Å²) in [5.41, 5.74) is 2.59. The second kappa shape index (κ2) is 10.00. The number of carbonyl (C=O) groups is 1. The van der Waals surface area contributed by atoms with E-state index in [1.165, 1.54) is 11.1 Å². The Bertz CT molecular complexity index is 937. The number of likely N-dealkylation sites (tertiary alicyclic amines) is 1. The Morgan fingerprint density at radius 2 is 2.17 bits per heavy atom. The zero-order chi connectivity index (χ0) is 20.8. The molecule has 0 bridgehead atoms. The summed E-state index contributed by atoms with van der Waals surface area (Å²) in [6, 6.07) is 12.6. The van der Waals surface area contributed by atoms with E-state index in [2.05, 4.69) is 51.5 Å². The molecule has 1 amide bonds. The van der Waals surface area contributed by atoms with Crippen LogP contribution in [0.1, 0.15) is 36.3 Å². The first-order chi connectivity index (χ1) is 14.7. The summed E-state index contributed by atoms with van der Waals surface area (Å²) in [7, 11) is 0. The molecule has 0 radical (unpaired) electrons. The molecule has 1 atom stereocenters. The van der Waals surface area contributed by atoms with Gasteiger partial charge < -0.3 is 9.84 Å². The summed E-state index contributed by atoms with van der Waals surface area (Å²) in [6.07, 6.45) is 3.89. The standard InChI is InChI=1S/C23H28N4O2S/c1-17-8-10-18(11-9-17)5-2-12-24-23(28)19-6-3-13-27(15-19)16-21-25-22(26-29-21)20-7-4-14-30-20/h4,7-11,14,19H,2-3,5-6,12-13,15-16H2,1H3,(H,24,28). The predicted molar refractivity (Wildman–Crippen MR) is 118 cm³/mol. The number of nitrogens with one attached hydrogen (secondary N) is 1. The Morgan fingerprint density at radius 1 is 1.30 bits per heavy atom. The molecule has 7 heteroatoms. The lowest BCUT2D eigenvalue weighted by Gasteiger charge is -2.30. The average molecular weight is 425 g/mol. The summed E-state index contributed by atoms with van der Waals surface area (Å²) in [5, 5.41) is 9.20. The molecule has 158 valence electrons. The van der Waals surface area contributed by atoms with E-state index in [-0.39, 0.29) is 11.8 Å². The van der Waals surface area contributed by atoms with Gasteiger partial charge in [-0.1, -0.05) is 41.1 Å². The van der Waals surface area contributed by atoms with Crippen LogP contribution in [0.15, 0.2) is 46.3 Å². The molecule has 0 spiro atoms. The van der Waals surface area contributed by atoms with Gasteiger partial charge in [-0.3, -0.25) is 9.69 Å². The fraction of sp³-hybridized carbons (Fsp3) is 0.435. The molecule has 1 aromatic carbocycles. The van der Waals surface area contributed by atoms with E-state index in [0.29, 0.717) is 18.3 Å². The maximum absolute atomic E-state index is 12.6. The first-order valence-electron chi connectivity index (χ1n) is 10.6. The van der Waals surface area contributed by atoms with Crippen molar-refractivity contribution in [3.63, 3.8) is 0 Å². The van der Waals surface area contributed by atoms with Gasteiger partial charge in [-0.2, -0.15) is 4.98 Å². The lowest BCUT2D eigenvalue weighted by Crippen LogP contribution is -2.43. The molecule has 1 N–H and O–H groups in total. The molecule has 30 heavy (non-hydrogen) atoms. The Kier molecular flexibility index (Phi) is 6.92. The summed E-state index contributed by atoms with van der Waals surface area (Å²) < 4.78 is 5.42. The monoisotopic (exact) mass is 424 g/mol. The van der Waals surface area contributed by atoms with Gasteiger partial charge in [-0.15, -0.1) is 11.3 Å². The number of benzene rings is 1. The van der Waals surface area contributed by atoms with Crippen molar-refractivity contribution < 1.29 is 9.32 Å². The van der Waals surface area contributed by atoms with Crippen molar-refractivity contribution in [1.29, 1.82) is 0 Å². The van der Waals surface area contributed by atoms with Crippen LogP contribution in [-0.2, 0) is 17.8 Å². The molecule has 1 aliphatic rings. The Hall–Kier alpha value is -2.51. The normalized spacial score (nSPS) is 17.2. The number of amides is 1. The van der Waals surface area contributed by atoms with Crippen molar-refractivity contribution in [3.8, 4) is 10.7 Å². The summed E-state index contributed by atoms with van der Waals surface area (Å²) in [4.78, 5) is 20.4. The number of rotatable bonds is 8. The second-order valence-corrected chi connectivity index (χ2v) is 8.89. The maximum Gasteiger partial charge on any atom is 0.241 e. The SMILES string of the molecule is Cc1ccc(CCCNC(=O)C2CCCN(Cc3nc(-c4cccs4)no3)C2)cc1. The van der Waals surface area contributed by atoms with E-state index in [9.17, 15) is 4.79 Å². The third-order valence-electron chi connectivity index (χ3n) is 5.51. The molecule has 3 aromatic rings. The molecular weight excluding hydrogens is 396 g/mol. The largest absolute Gasteiger partial charge is 0.356 e. The van der Waals surface area contributed by atoms with Crippen LogP contribution in [0, 0.1) is 12.8 Å². The molecule has 1 unspecified atom stereocenters. The van der Waals surface area contributed by atoms with Crippen LogP contribution in [0.2, 0.25) is 0 Å². The third-order valence-corrected chi connectivity index (χ3v) is 6.37. The average Bonchev–Trinajstić information content (AvgIpc) is 3.44. The number of carbonyl (C=O) groups excluding carboxylic acids is 1. The van der Waals surface area contributed by atoms with Gasteiger partial charge in [0.05, 0.1) is 17.3 Å². The van der Waals surface area contributed by atoms with Gasteiger partial charge in [0.1, 0.15) is 0 Å². The first-order valence-corrected chi connectivity index (χ1v) is 11.5. The van der Waals surface area contributed by atoms with Gasteiger partial charge in [-0.25, -0.2) is 0 Å². The fourth-order valence-electron chi connectivity index (χ4n) is 3.83. The van der Waals surface area contributed by atoms with Crippen molar-refractivity contribution in [1.82, 2.24) is 20.4 Å². The summed E-state index contributed by atoms with van der Waals surface area (Å²) >= 11 is 1.60. The van der Waals surface area contributed by atoms with E-state index >= 15 is 0 Å². The van der Waals surface area contributed by atoms with Crippen molar-refractivity contribution >= 4 is 17.2 Å². The zero-order valence-corrected chi connectivity index (χ0v) is 18.2. The highest BCUT2D eigenvalue weighted by molar-refractivity contribution is 7.13. The number of aromatic nitrogens is 2. The van der Waals surface area contributed by atoms with Crippen LogP contribution in [0.3, 0.4) is 0 Å². The highest BCUT2D eigenvalue weighted by Gasteiger charge is 2.26. The molecule has 0 saturated carbocycles. The van der Waals surface area contributed by atoms with E-state index < -0.39 is 0 Å². The lowest BCUT2D eigenvalue weighted by atomic mass is 9.97. The summed E-state index contributed by atoms with van der Waals surface area (Å²) in [5.74, 6) is 1.43. The molecule has 1 aliphatic heterocycles. The minimum Gasteiger partial charge on any atom is -0.356 e. The van der Waals surface area contributed by atoms with Crippen molar-refractivity contribution in [3.05, 3.63) is 58.8 Å². The Morgan fingerprint density at radius 3 is 2.97 bits per heavy atom. The topological polar surface area (TPSA) is 71.3 Å². The minimum absolute atomic E-state index is 0.0258. The molecule has 6 nitrogen and oxygen atoms in total. The predicted octanol–water partition coefficient (Wildman–Crippen LogP) is 4.07. The minimum atomic E-state index is 0.0258. The number of hydrogen-bond donors (Lipinski definition) is 1. The zero-order valence-electron chi connectivity index (χ0n) is 17.3. The molecule has 1 saturated heterocycles. The number of aryl methyl sites for hydroxylation is 2. The number of piperidine rings is 1. The fourth-order valence-corrected chi connectivity index (χ4v) is 4.48. The lowest BCUT2D eigenvalue weighted by molar-refractivity contribution is -0.126. The van der Waals surface area contributed by atoms with E-state index in [1.807, 2.05) is 17.5 Å². The van der Waals surface area contributed by atoms with Crippen LogP contribution >= 0.6 is 11.3 Å². The van der Waals surface area contributed by atoms with Crippen LogP contribution in [-0.4, -0.2) is 40.6 Å². The van der Waals surface area contributed by atoms with Gasteiger partial charge in [-0.05, 0) is 56.2 Å². The Balaban J connectivity index is 1.21. The van der Waals surface area contributed by atoms with Crippen LogP contribution in [0.4, 0.5) is 0 Å². The van der Waals surface area contributed by atoms with Crippen molar-refractivity contribution in [2.75, 3.05) is 19.6 Å². The van der Waals surface area contributed by atoms with Crippen LogP contribution < -0.4 is 5.32 Å². The molecule has 4 rings (SSSR count). The number of thiophene rings is 1. The summed E-state index contributed by atoms with van der Waals surface area (Å²) in [6.45, 7) is 5.10. The van der Waals surface area contributed by atoms with Crippen molar-refractivity contribution in [2.45, 2.75) is 39.2 Å². The van der Waals surface area contributed by atoms with Crippen molar-refractivity contribution in [2.24, 2.45) is 5.92 Å². The first kappa shape index (κ1) is 20.8. The Labute approximate surface area is 181 Å². The van der Waals surface area contributed by atoms with E-state index in [4.69, 9.17) is 4.52 Å². The molecule has 0 aliphatic carbocycles. The number of nitrogens with zero attached hydrogens (tertiary/aromatic N) is 3. The quantitative estimate of drug-likeness (QED) is 0.552. The molecule has 1 fully saturated rings. The van der Waals surface area contributed by atoms with E-state index in [1.54, 1.807) is 11.3 Å². The molecule has 2 aromatic heterocycles.